The van der Waals surface area contributed by atoms with Crippen LogP contribution in [0.2, 0.25) is 5.02 Å². The molecule has 1 aromatic carbocycles. The van der Waals surface area contributed by atoms with Crippen LogP contribution in [0.15, 0.2) is 24.4 Å². The molecule has 0 saturated carbocycles. The number of hydrogen-bond donors (Lipinski definition) is 1. The van der Waals surface area contributed by atoms with Crippen molar-refractivity contribution in [2.24, 2.45) is 0 Å². The van der Waals surface area contributed by atoms with Crippen LogP contribution in [-0.4, -0.2) is 44.3 Å². The number of ether oxygens (including phenoxy) is 3. The molecule has 0 unspecified atom stereocenters. The first-order valence-electron chi connectivity index (χ1n) is 6.93. The zero-order chi connectivity index (χ0) is 18.6. The number of carbonyl (C=O) groups is 1. The van der Waals surface area contributed by atoms with E-state index in [0.29, 0.717) is 5.52 Å². The van der Waals surface area contributed by atoms with Gasteiger partial charge >= 0.3 is 6.36 Å². The molecule has 1 aromatic heterocycles. The molecule has 1 heterocycles. The number of pyridine rings is 1. The maximum atomic E-state index is 12.3. The monoisotopic (exact) mass is 378 g/mol. The topological polar surface area (TPSA) is 69.7 Å². The summed E-state index contributed by atoms with van der Waals surface area (Å²) in [6.45, 7) is 0.0530. The van der Waals surface area contributed by atoms with Gasteiger partial charge < -0.3 is 19.5 Å². The van der Waals surface area contributed by atoms with Gasteiger partial charge in [0, 0.05) is 25.8 Å². The molecule has 0 aliphatic carbocycles. The van der Waals surface area contributed by atoms with Crippen LogP contribution in [0.25, 0.3) is 10.9 Å². The molecular formula is C15H14ClF3N2O4. The van der Waals surface area contributed by atoms with E-state index in [1.54, 1.807) is 0 Å². The van der Waals surface area contributed by atoms with Crippen molar-refractivity contribution >= 4 is 28.4 Å². The molecule has 25 heavy (non-hydrogen) atoms. The second kappa shape index (κ2) is 7.85. The molecule has 136 valence electrons. The third-order valence-corrected chi connectivity index (χ3v) is 3.61. The number of carbonyl (C=O) groups excluding carboxylic acids is 1. The van der Waals surface area contributed by atoms with Crippen LogP contribution in [0.3, 0.4) is 0 Å². The van der Waals surface area contributed by atoms with Crippen molar-refractivity contribution < 1.29 is 32.2 Å². The van der Waals surface area contributed by atoms with E-state index in [1.807, 2.05) is 0 Å². The number of hydrogen-bond acceptors (Lipinski definition) is 5. The van der Waals surface area contributed by atoms with Crippen LogP contribution >= 0.6 is 11.6 Å². The number of rotatable bonds is 6. The van der Waals surface area contributed by atoms with Gasteiger partial charge in [0.25, 0.3) is 5.91 Å². The Morgan fingerprint density at radius 3 is 2.60 bits per heavy atom. The van der Waals surface area contributed by atoms with E-state index < -0.39 is 24.3 Å². The molecule has 2 aromatic rings. The van der Waals surface area contributed by atoms with Crippen LogP contribution < -0.4 is 10.1 Å². The number of nitrogens with one attached hydrogen (secondary N) is 1. The van der Waals surface area contributed by atoms with Crippen molar-refractivity contribution in [3.05, 3.63) is 35.0 Å². The fourth-order valence-corrected chi connectivity index (χ4v) is 2.31. The summed E-state index contributed by atoms with van der Waals surface area (Å²) in [4.78, 5) is 16.2. The third-order valence-electron chi connectivity index (χ3n) is 3.21. The zero-order valence-corrected chi connectivity index (χ0v) is 13.9. The minimum absolute atomic E-state index is 0.00396. The van der Waals surface area contributed by atoms with Crippen molar-refractivity contribution in [3.63, 3.8) is 0 Å². The summed E-state index contributed by atoms with van der Waals surface area (Å²) in [5, 5.41) is 2.65. The quantitative estimate of drug-likeness (QED) is 0.782. The highest BCUT2D eigenvalue weighted by Crippen LogP contribution is 2.31. The van der Waals surface area contributed by atoms with Crippen molar-refractivity contribution in [1.82, 2.24) is 10.3 Å². The number of alkyl halides is 3. The maximum absolute atomic E-state index is 12.3. The number of halogens is 4. The van der Waals surface area contributed by atoms with Crippen molar-refractivity contribution in [1.29, 1.82) is 0 Å². The number of methoxy groups -OCH3 is 2. The second-order valence-electron chi connectivity index (χ2n) is 4.82. The van der Waals surface area contributed by atoms with Gasteiger partial charge in [-0.25, -0.2) is 0 Å². The predicted molar refractivity (Wildman–Crippen MR) is 83.6 cm³/mol. The average molecular weight is 379 g/mol. The van der Waals surface area contributed by atoms with Gasteiger partial charge in [0.15, 0.2) is 6.29 Å². The van der Waals surface area contributed by atoms with Gasteiger partial charge in [0.2, 0.25) is 0 Å². The van der Waals surface area contributed by atoms with Crippen molar-refractivity contribution in [3.8, 4) is 5.75 Å². The van der Waals surface area contributed by atoms with E-state index in [-0.39, 0.29) is 22.5 Å². The molecule has 0 radical (unpaired) electrons. The van der Waals surface area contributed by atoms with Crippen LogP contribution in [-0.2, 0) is 9.47 Å². The summed E-state index contributed by atoms with van der Waals surface area (Å²) in [6.07, 6.45) is -4.25. The van der Waals surface area contributed by atoms with Gasteiger partial charge in [-0.2, -0.15) is 0 Å². The van der Waals surface area contributed by atoms with E-state index in [4.69, 9.17) is 21.1 Å². The first-order valence-corrected chi connectivity index (χ1v) is 7.30. The number of nitrogens with zero attached hydrogens (tertiary/aromatic N) is 1. The predicted octanol–water partition coefficient (Wildman–Crippen LogP) is 3.14. The SMILES string of the molecule is COC(CNC(=O)c1cnc2ccc(OC(F)(F)F)cc2c1Cl)OC. The van der Waals surface area contributed by atoms with E-state index in [1.165, 1.54) is 26.5 Å². The largest absolute Gasteiger partial charge is 0.573 e. The summed E-state index contributed by atoms with van der Waals surface area (Å²) in [6, 6.07) is 3.50. The van der Waals surface area contributed by atoms with E-state index in [0.717, 1.165) is 12.1 Å². The molecule has 0 atom stereocenters. The molecule has 1 amide bonds. The molecule has 0 spiro atoms. The zero-order valence-electron chi connectivity index (χ0n) is 13.2. The highest BCUT2D eigenvalue weighted by Gasteiger charge is 2.31. The van der Waals surface area contributed by atoms with Gasteiger partial charge in [-0.3, -0.25) is 9.78 Å². The molecule has 0 saturated heterocycles. The van der Waals surface area contributed by atoms with Gasteiger partial charge in [-0.1, -0.05) is 11.6 Å². The van der Waals surface area contributed by atoms with Gasteiger partial charge in [0.1, 0.15) is 5.75 Å². The van der Waals surface area contributed by atoms with E-state index in [9.17, 15) is 18.0 Å². The molecule has 0 fully saturated rings. The lowest BCUT2D eigenvalue weighted by Crippen LogP contribution is -2.34. The molecule has 10 heteroatoms. The Morgan fingerprint density at radius 1 is 1.32 bits per heavy atom. The van der Waals surface area contributed by atoms with Crippen molar-refractivity contribution in [2.75, 3.05) is 20.8 Å². The first-order chi connectivity index (χ1) is 11.7. The lowest BCUT2D eigenvalue weighted by molar-refractivity contribution is -0.274. The normalized spacial score (nSPS) is 11.8. The average Bonchev–Trinajstić information content (AvgIpc) is 2.55. The second-order valence-corrected chi connectivity index (χ2v) is 5.20. The Balaban J connectivity index is 2.29. The third kappa shape index (κ3) is 4.94. The Labute approximate surface area is 145 Å². The smallest absolute Gasteiger partial charge is 0.406 e. The van der Waals surface area contributed by atoms with Crippen LogP contribution in [0.5, 0.6) is 5.75 Å². The Hall–Kier alpha value is -2.10. The summed E-state index contributed by atoms with van der Waals surface area (Å²) in [5.74, 6) is -1.03. The standard InChI is InChI=1S/C15H14ClF3N2O4/c1-23-12(24-2)7-21-14(22)10-6-20-11-4-3-8(25-15(17,18)19)5-9(11)13(10)16/h3-6,12H,7H2,1-2H3,(H,21,22). The fraction of sp³-hybridized carbons (Fsp3) is 0.333. The summed E-state index contributed by atoms with van der Waals surface area (Å²) in [7, 11) is 2.82. The summed E-state index contributed by atoms with van der Waals surface area (Å²) < 4.78 is 50.7. The highest BCUT2D eigenvalue weighted by atomic mass is 35.5. The Bertz CT molecular complexity index is 766. The molecule has 2 rings (SSSR count). The minimum atomic E-state index is -4.84. The number of amides is 1. The number of fused-ring (bicyclic) bond motifs is 1. The lowest BCUT2D eigenvalue weighted by Gasteiger charge is -2.15. The molecular weight excluding hydrogens is 365 g/mol. The fourth-order valence-electron chi connectivity index (χ4n) is 2.03. The van der Waals surface area contributed by atoms with Gasteiger partial charge in [-0.15, -0.1) is 13.2 Å². The summed E-state index contributed by atoms with van der Waals surface area (Å²) in [5.41, 5.74) is 0.326. The molecule has 0 aliphatic heterocycles. The van der Waals surface area contributed by atoms with Gasteiger partial charge in [-0.05, 0) is 18.2 Å². The van der Waals surface area contributed by atoms with Crippen molar-refractivity contribution in [2.45, 2.75) is 12.7 Å². The molecule has 6 nitrogen and oxygen atoms in total. The highest BCUT2D eigenvalue weighted by molar-refractivity contribution is 6.38. The molecule has 0 bridgehead atoms. The van der Waals surface area contributed by atoms with Crippen LogP contribution in [0.4, 0.5) is 13.2 Å². The van der Waals surface area contributed by atoms with Crippen LogP contribution in [0.1, 0.15) is 10.4 Å². The van der Waals surface area contributed by atoms with Crippen LogP contribution in [0, 0.1) is 0 Å². The minimum Gasteiger partial charge on any atom is -0.406 e. The lowest BCUT2D eigenvalue weighted by atomic mass is 10.1. The number of aromatic nitrogens is 1. The first kappa shape index (κ1) is 19.2. The molecule has 1 N–H and O–H groups in total. The van der Waals surface area contributed by atoms with E-state index >= 15 is 0 Å². The maximum Gasteiger partial charge on any atom is 0.573 e. The Morgan fingerprint density at radius 2 is 2.00 bits per heavy atom. The van der Waals surface area contributed by atoms with E-state index in [2.05, 4.69) is 15.0 Å². The molecule has 0 aliphatic rings. The number of benzene rings is 1. The van der Waals surface area contributed by atoms with Gasteiger partial charge in [0.05, 0.1) is 22.6 Å². The Kier molecular flexibility index (Phi) is 6.04. The summed E-state index contributed by atoms with van der Waals surface area (Å²) >= 11 is 6.16.